The highest BCUT2D eigenvalue weighted by Gasteiger charge is 2.33. The highest BCUT2D eigenvalue weighted by molar-refractivity contribution is 7.99. The molecule has 2 aromatic carbocycles. The molecule has 0 N–H and O–H groups in total. The van der Waals surface area contributed by atoms with Crippen molar-refractivity contribution in [2.45, 2.75) is 128 Å². The summed E-state index contributed by atoms with van der Waals surface area (Å²) in [6.45, 7) is 6.79. The van der Waals surface area contributed by atoms with E-state index in [1.165, 1.54) is 50.7 Å². The van der Waals surface area contributed by atoms with Crippen LogP contribution in [0.3, 0.4) is 0 Å². The minimum Gasteiger partial charge on any atom is -0.465 e. The molecule has 0 amide bonds. The van der Waals surface area contributed by atoms with E-state index in [0.29, 0.717) is 24.0 Å². The van der Waals surface area contributed by atoms with Crippen molar-refractivity contribution in [3.8, 4) is 11.1 Å². The topological polar surface area (TPSA) is 26.3 Å². The Morgan fingerprint density at radius 3 is 2.13 bits per heavy atom. The number of hydrogen-bond donors (Lipinski definition) is 0. The maximum atomic E-state index is 15.7. The number of thioether (sulfide) groups is 1. The highest BCUT2D eigenvalue weighted by Crippen LogP contribution is 2.46. The van der Waals surface area contributed by atoms with Crippen molar-refractivity contribution in [2.24, 2.45) is 23.7 Å². The van der Waals surface area contributed by atoms with E-state index in [-0.39, 0.29) is 34.1 Å². The van der Waals surface area contributed by atoms with Crippen LogP contribution in [0.4, 0.5) is 17.6 Å². The van der Waals surface area contributed by atoms with Crippen molar-refractivity contribution in [3.05, 3.63) is 53.1 Å². The molecule has 4 rings (SSSR count). The Morgan fingerprint density at radius 1 is 0.822 bits per heavy atom. The second-order valence-corrected chi connectivity index (χ2v) is 14.6. The summed E-state index contributed by atoms with van der Waals surface area (Å²) in [7, 11) is 0. The minimum absolute atomic E-state index is 0.00288. The molecule has 1 atom stereocenters. The highest BCUT2D eigenvalue weighted by atomic mass is 32.2. The molecular formula is C38H52F4O2S. The molecule has 45 heavy (non-hydrogen) atoms. The summed E-state index contributed by atoms with van der Waals surface area (Å²) in [5.74, 6) is -1.83. The largest absolute Gasteiger partial charge is 0.465 e. The van der Waals surface area contributed by atoms with Crippen molar-refractivity contribution in [1.29, 1.82) is 0 Å². The molecular weight excluding hydrogens is 596 g/mol. The molecule has 2 aromatic rings. The fourth-order valence-corrected chi connectivity index (χ4v) is 8.68. The summed E-state index contributed by atoms with van der Waals surface area (Å²) < 4.78 is 66.0. The van der Waals surface area contributed by atoms with E-state index in [0.717, 1.165) is 81.0 Å². The number of unbranched alkanes of at least 4 members (excludes halogenated alkanes) is 1. The van der Waals surface area contributed by atoms with Crippen molar-refractivity contribution in [2.75, 3.05) is 12.4 Å². The van der Waals surface area contributed by atoms with E-state index < -0.39 is 29.2 Å². The Labute approximate surface area is 272 Å². The molecule has 0 spiro atoms. The standard InChI is InChI=1S/C38H52F4O2S/c1-4-7-9-25(6-3)24-44-34(43)22-23-45-38-32(20-21-33(39)37(38)42)31-19-18-30(35(40)36(31)41)29-16-14-28(15-17-29)27-12-10-26(8-5-2)11-13-27/h18-21,25-29H,4-17,22-24H2,1-3H3. The fourth-order valence-electron chi connectivity index (χ4n) is 7.65. The van der Waals surface area contributed by atoms with Gasteiger partial charge in [0, 0.05) is 16.9 Å². The van der Waals surface area contributed by atoms with Gasteiger partial charge < -0.3 is 4.74 Å². The third kappa shape index (κ3) is 9.51. The van der Waals surface area contributed by atoms with Crippen LogP contribution < -0.4 is 0 Å². The van der Waals surface area contributed by atoms with Gasteiger partial charge in [-0.1, -0.05) is 83.9 Å². The Kier molecular flexibility index (Phi) is 14.2. The van der Waals surface area contributed by atoms with Gasteiger partial charge in [-0.05, 0) is 86.2 Å². The number of halogens is 4. The van der Waals surface area contributed by atoms with E-state index in [9.17, 15) is 9.18 Å². The lowest BCUT2D eigenvalue weighted by Gasteiger charge is -2.38. The Morgan fingerprint density at radius 2 is 1.49 bits per heavy atom. The van der Waals surface area contributed by atoms with E-state index >= 15 is 13.2 Å². The maximum Gasteiger partial charge on any atom is 0.306 e. The molecule has 2 saturated carbocycles. The van der Waals surface area contributed by atoms with Gasteiger partial charge in [-0.3, -0.25) is 4.79 Å². The van der Waals surface area contributed by atoms with Crippen molar-refractivity contribution < 1.29 is 27.1 Å². The van der Waals surface area contributed by atoms with Gasteiger partial charge in [-0.25, -0.2) is 17.6 Å². The molecule has 2 aliphatic rings. The zero-order valence-electron chi connectivity index (χ0n) is 27.5. The molecule has 0 aromatic heterocycles. The first-order valence-electron chi connectivity index (χ1n) is 17.5. The third-order valence-electron chi connectivity index (χ3n) is 10.5. The second-order valence-electron chi connectivity index (χ2n) is 13.4. The van der Waals surface area contributed by atoms with Gasteiger partial charge in [-0.2, -0.15) is 0 Å². The zero-order chi connectivity index (χ0) is 32.3. The Hall–Kier alpha value is -2.02. The summed E-state index contributed by atoms with van der Waals surface area (Å²) in [5.41, 5.74) is 0.368. The van der Waals surface area contributed by atoms with E-state index in [2.05, 4.69) is 20.8 Å². The SMILES string of the molecule is CCCCC(CC)COC(=O)CCSc1c(-c2ccc(C3CCC(C4CCC(CCC)CC4)CC3)c(F)c2F)ccc(F)c1F. The number of esters is 1. The monoisotopic (exact) mass is 648 g/mol. The predicted molar refractivity (Wildman–Crippen MR) is 176 cm³/mol. The molecule has 7 heteroatoms. The predicted octanol–water partition coefficient (Wildman–Crippen LogP) is 12.0. The normalized spacial score (nSPS) is 22.7. The lowest BCUT2D eigenvalue weighted by atomic mass is 9.68. The van der Waals surface area contributed by atoms with E-state index in [1.54, 1.807) is 6.07 Å². The third-order valence-corrected chi connectivity index (χ3v) is 11.6. The van der Waals surface area contributed by atoms with Crippen LogP contribution >= 0.6 is 11.8 Å². The van der Waals surface area contributed by atoms with Crippen LogP contribution in [0.5, 0.6) is 0 Å². The minimum atomic E-state index is -1.12. The van der Waals surface area contributed by atoms with Gasteiger partial charge >= 0.3 is 5.97 Å². The van der Waals surface area contributed by atoms with Gasteiger partial charge in [0.15, 0.2) is 23.3 Å². The lowest BCUT2D eigenvalue weighted by Crippen LogP contribution is -2.25. The van der Waals surface area contributed by atoms with Crippen LogP contribution in [0.15, 0.2) is 29.2 Å². The number of rotatable bonds is 15. The van der Waals surface area contributed by atoms with Crippen molar-refractivity contribution in [1.82, 2.24) is 0 Å². The first-order valence-corrected chi connectivity index (χ1v) is 18.5. The van der Waals surface area contributed by atoms with Crippen LogP contribution in [-0.4, -0.2) is 18.3 Å². The number of benzene rings is 2. The lowest BCUT2D eigenvalue weighted by molar-refractivity contribution is -0.144. The van der Waals surface area contributed by atoms with Gasteiger partial charge in [-0.15, -0.1) is 11.8 Å². The van der Waals surface area contributed by atoms with Crippen molar-refractivity contribution in [3.63, 3.8) is 0 Å². The van der Waals surface area contributed by atoms with Gasteiger partial charge in [0.05, 0.1) is 17.9 Å². The summed E-state index contributed by atoms with van der Waals surface area (Å²) in [5, 5.41) is 0. The van der Waals surface area contributed by atoms with E-state index in [1.807, 2.05) is 0 Å². The van der Waals surface area contributed by atoms with Gasteiger partial charge in [0.1, 0.15) is 0 Å². The molecule has 0 bridgehead atoms. The summed E-state index contributed by atoms with van der Waals surface area (Å²) in [6, 6.07) is 5.36. The number of carbonyl (C=O) groups excluding carboxylic acids is 1. The fraction of sp³-hybridized carbons (Fsp3) is 0.658. The number of ether oxygens (including phenoxy) is 1. The molecule has 2 aliphatic carbocycles. The Balaban J connectivity index is 1.38. The van der Waals surface area contributed by atoms with Gasteiger partial charge in [0.25, 0.3) is 0 Å². The Bertz CT molecular complexity index is 1230. The van der Waals surface area contributed by atoms with Crippen molar-refractivity contribution >= 4 is 17.7 Å². The average molecular weight is 649 g/mol. The molecule has 250 valence electrons. The molecule has 2 nitrogen and oxygen atoms in total. The van der Waals surface area contributed by atoms with Crippen LogP contribution in [0.1, 0.15) is 129 Å². The number of hydrogen-bond acceptors (Lipinski definition) is 3. The van der Waals surface area contributed by atoms with Crippen LogP contribution in [0.25, 0.3) is 11.1 Å². The van der Waals surface area contributed by atoms with E-state index in [4.69, 9.17) is 4.74 Å². The molecule has 0 radical (unpaired) electrons. The molecule has 0 heterocycles. The summed E-state index contributed by atoms with van der Waals surface area (Å²) >= 11 is 0.923. The van der Waals surface area contributed by atoms with Crippen LogP contribution in [-0.2, 0) is 9.53 Å². The first-order chi connectivity index (χ1) is 21.8. The molecule has 2 fully saturated rings. The van der Waals surface area contributed by atoms with Gasteiger partial charge in [0.2, 0.25) is 0 Å². The summed E-state index contributed by atoms with van der Waals surface area (Å²) in [6.07, 6.45) is 15.7. The summed E-state index contributed by atoms with van der Waals surface area (Å²) in [4.78, 5) is 12.2. The second kappa shape index (κ2) is 17.8. The molecule has 0 aliphatic heterocycles. The molecule has 1 unspecified atom stereocenters. The smallest absolute Gasteiger partial charge is 0.306 e. The zero-order valence-corrected chi connectivity index (χ0v) is 28.3. The molecule has 0 saturated heterocycles. The quantitative estimate of drug-likeness (QED) is 0.109. The first kappa shape index (κ1) is 35.8. The average Bonchev–Trinajstić information content (AvgIpc) is 3.05. The number of carbonyl (C=O) groups is 1. The van der Waals surface area contributed by atoms with Crippen LogP contribution in [0, 0.1) is 46.9 Å². The van der Waals surface area contributed by atoms with Crippen LogP contribution in [0.2, 0.25) is 0 Å². The maximum absolute atomic E-state index is 15.7.